The van der Waals surface area contributed by atoms with Gasteiger partial charge in [-0.3, -0.25) is 0 Å². The van der Waals surface area contributed by atoms with Gasteiger partial charge in [-0.1, -0.05) is 60.7 Å². The number of ether oxygens (including phenoxy) is 1. The van der Waals surface area contributed by atoms with Crippen molar-refractivity contribution in [3.8, 4) is 5.75 Å². The van der Waals surface area contributed by atoms with Gasteiger partial charge in [-0.2, -0.15) is 0 Å². The monoisotopic (exact) mass is 346 g/mol. The summed E-state index contributed by atoms with van der Waals surface area (Å²) in [6.45, 7) is 0. The van der Waals surface area contributed by atoms with Gasteiger partial charge < -0.3 is 4.74 Å². The van der Waals surface area contributed by atoms with Crippen molar-refractivity contribution in [1.29, 1.82) is 0 Å². The zero-order valence-electron chi connectivity index (χ0n) is 13.7. The number of hydrogen-bond donors (Lipinski definition) is 0. The Labute approximate surface area is 152 Å². The van der Waals surface area contributed by atoms with Crippen LogP contribution in [-0.4, -0.2) is 11.7 Å². The number of carbonyl (C=O) groups excluding carboxylic acids is 1. The highest BCUT2D eigenvalue weighted by Gasteiger charge is 2.07. The maximum Gasteiger partial charge on any atom is 0.343 e. The lowest BCUT2D eigenvalue weighted by atomic mass is 10.2. The van der Waals surface area contributed by atoms with Crippen LogP contribution in [0.5, 0.6) is 5.75 Å². The quantitative estimate of drug-likeness (QED) is 0.325. The van der Waals surface area contributed by atoms with E-state index in [0.29, 0.717) is 11.3 Å². The topological polar surface area (TPSA) is 26.3 Å². The molecule has 0 heterocycles. The molecule has 0 saturated carbocycles. The van der Waals surface area contributed by atoms with Crippen molar-refractivity contribution in [3.63, 3.8) is 0 Å². The van der Waals surface area contributed by atoms with Crippen LogP contribution in [0.4, 0.5) is 0 Å². The molecule has 25 heavy (non-hydrogen) atoms. The zero-order valence-corrected chi connectivity index (χ0v) is 14.5. The average molecular weight is 346 g/mol. The van der Waals surface area contributed by atoms with Gasteiger partial charge >= 0.3 is 5.97 Å². The Kier molecular flexibility index (Phi) is 6.07. The van der Waals surface area contributed by atoms with Gasteiger partial charge in [-0.25, -0.2) is 4.79 Å². The highest BCUT2D eigenvalue weighted by molar-refractivity contribution is 7.99. The number of carbonyl (C=O) groups is 1. The Bertz CT molecular complexity index is 825. The molecule has 0 unspecified atom stereocenters. The number of hydrogen-bond acceptors (Lipinski definition) is 3. The van der Waals surface area contributed by atoms with Crippen molar-refractivity contribution in [1.82, 2.24) is 0 Å². The molecule has 3 rings (SSSR count). The van der Waals surface area contributed by atoms with Crippen LogP contribution in [0.1, 0.15) is 15.9 Å². The molecule has 3 aromatic carbocycles. The predicted octanol–water partition coefficient (Wildman–Crippen LogP) is 5.71. The first kappa shape index (κ1) is 17.1. The third kappa shape index (κ3) is 5.37. The average Bonchev–Trinajstić information content (AvgIpc) is 2.68. The zero-order chi connectivity index (χ0) is 17.3. The SMILES string of the molecule is O=C(Oc1ccc(SCC=Cc2ccccc2)cc1)c1ccccc1. The van der Waals surface area contributed by atoms with Crippen LogP contribution in [-0.2, 0) is 0 Å². The maximum atomic E-state index is 12.0. The molecule has 0 aromatic heterocycles. The Morgan fingerprint density at radius 3 is 2.16 bits per heavy atom. The van der Waals surface area contributed by atoms with E-state index in [9.17, 15) is 4.79 Å². The minimum absolute atomic E-state index is 0.341. The van der Waals surface area contributed by atoms with Crippen molar-refractivity contribution in [2.75, 3.05) is 5.75 Å². The molecule has 0 saturated heterocycles. The molecule has 0 radical (unpaired) electrons. The van der Waals surface area contributed by atoms with Gasteiger partial charge in [0.25, 0.3) is 0 Å². The highest BCUT2D eigenvalue weighted by atomic mass is 32.2. The summed E-state index contributed by atoms with van der Waals surface area (Å²) < 4.78 is 5.38. The van der Waals surface area contributed by atoms with Crippen molar-refractivity contribution >= 4 is 23.8 Å². The van der Waals surface area contributed by atoms with E-state index in [4.69, 9.17) is 4.74 Å². The van der Waals surface area contributed by atoms with E-state index in [1.807, 2.05) is 60.7 Å². The van der Waals surface area contributed by atoms with E-state index in [1.165, 1.54) is 5.56 Å². The smallest absolute Gasteiger partial charge is 0.343 e. The van der Waals surface area contributed by atoms with Crippen LogP contribution in [0, 0.1) is 0 Å². The molecule has 0 bridgehead atoms. The van der Waals surface area contributed by atoms with Gasteiger partial charge in [0.1, 0.15) is 5.75 Å². The third-order valence-electron chi connectivity index (χ3n) is 3.50. The van der Waals surface area contributed by atoms with Crippen molar-refractivity contribution < 1.29 is 9.53 Å². The minimum Gasteiger partial charge on any atom is -0.423 e. The minimum atomic E-state index is -0.341. The van der Waals surface area contributed by atoms with E-state index in [2.05, 4.69) is 24.3 Å². The fraction of sp³-hybridized carbons (Fsp3) is 0.0455. The Balaban J connectivity index is 1.50. The summed E-state index contributed by atoms with van der Waals surface area (Å²) in [4.78, 5) is 13.1. The lowest BCUT2D eigenvalue weighted by Gasteiger charge is -2.05. The summed E-state index contributed by atoms with van der Waals surface area (Å²) in [5.41, 5.74) is 1.75. The molecule has 0 spiro atoms. The van der Waals surface area contributed by atoms with Gasteiger partial charge in [-0.05, 0) is 42.0 Å². The molecule has 2 nitrogen and oxygen atoms in total. The highest BCUT2D eigenvalue weighted by Crippen LogP contribution is 2.22. The molecule has 0 aliphatic rings. The molecule has 0 atom stereocenters. The molecule has 0 amide bonds. The second-order valence-electron chi connectivity index (χ2n) is 5.35. The second-order valence-corrected chi connectivity index (χ2v) is 6.44. The molecule has 3 heteroatoms. The fourth-order valence-electron chi connectivity index (χ4n) is 2.24. The Morgan fingerprint density at radius 2 is 1.48 bits per heavy atom. The van der Waals surface area contributed by atoms with Crippen LogP contribution >= 0.6 is 11.8 Å². The summed E-state index contributed by atoms with van der Waals surface area (Å²) in [7, 11) is 0. The molecule has 0 aliphatic carbocycles. The molecule has 124 valence electrons. The first-order valence-electron chi connectivity index (χ1n) is 8.03. The standard InChI is InChI=1S/C22H18O2S/c23-22(19-11-5-2-6-12-19)24-20-13-15-21(16-14-20)25-17-7-10-18-8-3-1-4-9-18/h1-16H,17H2. The van der Waals surface area contributed by atoms with E-state index in [-0.39, 0.29) is 5.97 Å². The summed E-state index contributed by atoms with van der Waals surface area (Å²) >= 11 is 1.74. The lowest BCUT2D eigenvalue weighted by Crippen LogP contribution is -2.07. The molecular weight excluding hydrogens is 328 g/mol. The first-order valence-corrected chi connectivity index (χ1v) is 9.01. The number of benzene rings is 3. The first-order chi connectivity index (χ1) is 12.3. The normalized spacial score (nSPS) is 10.7. The number of rotatable bonds is 6. The Morgan fingerprint density at radius 1 is 0.840 bits per heavy atom. The second kappa shape index (κ2) is 8.90. The molecule has 3 aromatic rings. The maximum absolute atomic E-state index is 12.0. The van der Waals surface area contributed by atoms with Gasteiger partial charge in [0, 0.05) is 10.6 Å². The van der Waals surface area contributed by atoms with Gasteiger partial charge in [0.2, 0.25) is 0 Å². The van der Waals surface area contributed by atoms with Crippen LogP contribution in [0.25, 0.3) is 6.08 Å². The van der Waals surface area contributed by atoms with E-state index >= 15 is 0 Å². The van der Waals surface area contributed by atoms with E-state index < -0.39 is 0 Å². The summed E-state index contributed by atoms with van der Waals surface area (Å²) in [5.74, 6) is 1.10. The summed E-state index contributed by atoms with van der Waals surface area (Å²) in [6.07, 6.45) is 4.26. The van der Waals surface area contributed by atoms with Gasteiger partial charge in [-0.15, -0.1) is 11.8 Å². The van der Waals surface area contributed by atoms with Crippen molar-refractivity contribution in [2.45, 2.75) is 4.90 Å². The van der Waals surface area contributed by atoms with Gasteiger partial charge in [0.05, 0.1) is 5.56 Å². The van der Waals surface area contributed by atoms with Crippen LogP contribution < -0.4 is 4.74 Å². The number of thioether (sulfide) groups is 1. The van der Waals surface area contributed by atoms with Crippen LogP contribution in [0.15, 0.2) is 95.9 Å². The van der Waals surface area contributed by atoms with Crippen LogP contribution in [0.3, 0.4) is 0 Å². The van der Waals surface area contributed by atoms with Gasteiger partial charge in [0.15, 0.2) is 0 Å². The molecular formula is C22H18O2S. The molecule has 0 fully saturated rings. The third-order valence-corrected chi connectivity index (χ3v) is 4.46. The fourth-order valence-corrected chi connectivity index (χ4v) is 2.95. The number of esters is 1. The summed E-state index contributed by atoms with van der Waals surface area (Å²) in [6, 6.07) is 26.8. The molecule has 0 N–H and O–H groups in total. The van der Waals surface area contributed by atoms with Crippen LogP contribution in [0.2, 0.25) is 0 Å². The largest absolute Gasteiger partial charge is 0.423 e. The van der Waals surface area contributed by atoms with E-state index in [1.54, 1.807) is 23.9 Å². The Hall–Kier alpha value is -2.78. The summed E-state index contributed by atoms with van der Waals surface area (Å²) in [5, 5.41) is 0. The van der Waals surface area contributed by atoms with Crippen molar-refractivity contribution in [3.05, 3.63) is 102 Å². The van der Waals surface area contributed by atoms with Crippen molar-refractivity contribution in [2.24, 2.45) is 0 Å². The van der Waals surface area contributed by atoms with E-state index in [0.717, 1.165) is 10.6 Å². The predicted molar refractivity (Wildman–Crippen MR) is 104 cm³/mol. The molecule has 0 aliphatic heterocycles. The lowest BCUT2D eigenvalue weighted by molar-refractivity contribution is 0.0734.